The summed E-state index contributed by atoms with van der Waals surface area (Å²) >= 11 is 0. The molecule has 4 rings (SSSR count). The molecule has 0 aliphatic heterocycles. The topological polar surface area (TPSA) is 89.5 Å². The van der Waals surface area contributed by atoms with Crippen LogP contribution in [0.3, 0.4) is 0 Å². The smallest absolute Gasteiger partial charge is 0.306 e. The number of carbonyl (C=O) groups is 4. The Hall–Kier alpha value is -4.06. The van der Waals surface area contributed by atoms with Crippen molar-refractivity contribution in [2.24, 2.45) is 0 Å². The number of nitrogens with one attached hydrogen (secondary N) is 1. The third kappa shape index (κ3) is 4.28. The SMILES string of the molecule is O=C(COC(=O)CCc1ccccc1)Nc1cccc2c1C(=O)c1ccccc1C2=O. The number of rotatable bonds is 6. The molecule has 0 heterocycles. The molecule has 6 nitrogen and oxygen atoms in total. The van der Waals surface area contributed by atoms with Gasteiger partial charge in [0.15, 0.2) is 18.2 Å². The van der Waals surface area contributed by atoms with Crippen molar-refractivity contribution in [3.05, 3.63) is 101 Å². The van der Waals surface area contributed by atoms with Crippen LogP contribution >= 0.6 is 0 Å². The summed E-state index contributed by atoms with van der Waals surface area (Å²) < 4.78 is 5.04. The van der Waals surface area contributed by atoms with E-state index in [-0.39, 0.29) is 34.8 Å². The highest BCUT2D eigenvalue weighted by molar-refractivity contribution is 6.30. The summed E-state index contributed by atoms with van der Waals surface area (Å²) in [4.78, 5) is 50.0. The zero-order valence-corrected chi connectivity index (χ0v) is 16.6. The zero-order valence-electron chi connectivity index (χ0n) is 16.6. The van der Waals surface area contributed by atoms with Gasteiger partial charge in [-0.1, -0.05) is 66.7 Å². The summed E-state index contributed by atoms with van der Waals surface area (Å²) in [6, 6.07) is 20.8. The van der Waals surface area contributed by atoms with Gasteiger partial charge in [0.05, 0.1) is 11.3 Å². The molecule has 1 amide bonds. The van der Waals surface area contributed by atoms with Gasteiger partial charge in [-0.05, 0) is 18.1 Å². The molecule has 6 heteroatoms. The molecule has 0 unspecified atom stereocenters. The summed E-state index contributed by atoms with van der Waals surface area (Å²) in [7, 11) is 0. The van der Waals surface area contributed by atoms with E-state index in [0.717, 1.165) is 5.56 Å². The van der Waals surface area contributed by atoms with Crippen molar-refractivity contribution in [1.29, 1.82) is 0 Å². The molecule has 0 atom stereocenters. The maximum atomic E-state index is 13.0. The number of ether oxygens (including phenoxy) is 1. The Morgan fingerprint density at radius 3 is 2.13 bits per heavy atom. The van der Waals surface area contributed by atoms with E-state index < -0.39 is 18.5 Å². The maximum Gasteiger partial charge on any atom is 0.306 e. The summed E-state index contributed by atoms with van der Waals surface area (Å²) in [5, 5.41) is 2.59. The first-order valence-electron chi connectivity index (χ1n) is 9.85. The van der Waals surface area contributed by atoms with Crippen molar-refractivity contribution in [3.8, 4) is 0 Å². The highest BCUT2D eigenvalue weighted by Crippen LogP contribution is 2.31. The molecule has 0 radical (unpaired) electrons. The fourth-order valence-corrected chi connectivity index (χ4v) is 3.54. The largest absolute Gasteiger partial charge is 0.456 e. The number of esters is 1. The van der Waals surface area contributed by atoms with Gasteiger partial charge in [0.25, 0.3) is 5.91 Å². The van der Waals surface area contributed by atoms with Crippen LogP contribution in [0.4, 0.5) is 5.69 Å². The molecular weight excluding hydrogens is 394 g/mol. The highest BCUT2D eigenvalue weighted by atomic mass is 16.5. The lowest BCUT2D eigenvalue weighted by Gasteiger charge is -2.20. The van der Waals surface area contributed by atoms with Crippen LogP contribution in [-0.2, 0) is 20.7 Å². The Bertz CT molecular complexity index is 1180. The quantitative estimate of drug-likeness (QED) is 0.488. The van der Waals surface area contributed by atoms with Crippen molar-refractivity contribution in [2.45, 2.75) is 12.8 Å². The maximum absolute atomic E-state index is 13.0. The van der Waals surface area contributed by atoms with Crippen molar-refractivity contribution >= 4 is 29.1 Å². The van der Waals surface area contributed by atoms with Gasteiger partial charge in [-0.3, -0.25) is 19.2 Å². The van der Waals surface area contributed by atoms with E-state index in [2.05, 4.69) is 5.32 Å². The third-order valence-electron chi connectivity index (χ3n) is 5.05. The van der Waals surface area contributed by atoms with Gasteiger partial charge in [0, 0.05) is 23.1 Å². The number of amides is 1. The summed E-state index contributed by atoms with van der Waals surface area (Å²) in [6.45, 7) is -0.476. The Morgan fingerprint density at radius 2 is 1.39 bits per heavy atom. The molecule has 0 saturated heterocycles. The van der Waals surface area contributed by atoms with Crippen LogP contribution in [0.1, 0.15) is 43.8 Å². The first-order valence-corrected chi connectivity index (χ1v) is 9.85. The standard InChI is InChI=1S/C25H19NO5/c27-21(15-31-22(28)14-13-16-7-2-1-3-8-16)26-20-12-6-11-19-23(20)25(30)18-10-5-4-9-17(18)24(19)29/h1-12H,13-15H2,(H,26,27). The van der Waals surface area contributed by atoms with Crippen LogP contribution in [0.2, 0.25) is 0 Å². The molecule has 154 valence electrons. The Morgan fingerprint density at radius 1 is 0.742 bits per heavy atom. The van der Waals surface area contributed by atoms with Gasteiger partial charge in [-0.25, -0.2) is 0 Å². The minimum absolute atomic E-state index is 0.148. The highest BCUT2D eigenvalue weighted by Gasteiger charge is 2.31. The number of hydrogen-bond donors (Lipinski definition) is 1. The van der Waals surface area contributed by atoms with Crippen molar-refractivity contribution in [3.63, 3.8) is 0 Å². The van der Waals surface area contributed by atoms with Crippen LogP contribution in [0, 0.1) is 0 Å². The molecule has 0 fully saturated rings. The third-order valence-corrected chi connectivity index (χ3v) is 5.05. The lowest BCUT2D eigenvalue weighted by molar-refractivity contribution is -0.147. The van der Waals surface area contributed by atoms with Crippen LogP contribution in [0.5, 0.6) is 0 Å². The second-order valence-corrected chi connectivity index (χ2v) is 7.13. The van der Waals surface area contributed by atoms with Crippen LogP contribution in [-0.4, -0.2) is 30.0 Å². The van der Waals surface area contributed by atoms with E-state index >= 15 is 0 Å². The molecule has 0 spiro atoms. The lowest BCUT2D eigenvalue weighted by atomic mass is 9.83. The van der Waals surface area contributed by atoms with Crippen molar-refractivity contribution in [2.75, 3.05) is 11.9 Å². The molecule has 0 saturated carbocycles. The normalized spacial score (nSPS) is 12.0. The van der Waals surface area contributed by atoms with Crippen molar-refractivity contribution in [1.82, 2.24) is 0 Å². The van der Waals surface area contributed by atoms with Crippen LogP contribution < -0.4 is 5.32 Å². The predicted molar refractivity (Wildman–Crippen MR) is 114 cm³/mol. The minimum Gasteiger partial charge on any atom is -0.456 e. The second kappa shape index (κ2) is 8.75. The van der Waals surface area contributed by atoms with Gasteiger partial charge in [-0.2, -0.15) is 0 Å². The van der Waals surface area contributed by atoms with Gasteiger partial charge in [-0.15, -0.1) is 0 Å². The minimum atomic E-state index is -0.583. The van der Waals surface area contributed by atoms with E-state index in [1.807, 2.05) is 30.3 Å². The van der Waals surface area contributed by atoms with Gasteiger partial charge >= 0.3 is 5.97 Å². The molecular formula is C25H19NO5. The average molecular weight is 413 g/mol. The van der Waals surface area contributed by atoms with Crippen LogP contribution in [0.25, 0.3) is 0 Å². The fourth-order valence-electron chi connectivity index (χ4n) is 3.54. The molecule has 0 aromatic heterocycles. The first kappa shape index (κ1) is 20.2. The number of benzene rings is 3. The van der Waals surface area contributed by atoms with Crippen LogP contribution in [0.15, 0.2) is 72.8 Å². The monoisotopic (exact) mass is 413 g/mol. The molecule has 1 N–H and O–H groups in total. The number of ketones is 2. The molecule has 1 aliphatic rings. The fraction of sp³-hybridized carbons (Fsp3) is 0.120. The van der Waals surface area contributed by atoms with E-state index in [0.29, 0.717) is 17.5 Å². The molecule has 1 aliphatic carbocycles. The zero-order chi connectivity index (χ0) is 21.8. The van der Waals surface area contributed by atoms with E-state index in [1.165, 1.54) is 0 Å². The predicted octanol–water partition coefficient (Wildman–Crippen LogP) is 3.58. The summed E-state index contributed by atoms with van der Waals surface area (Å²) in [6.07, 6.45) is 0.672. The average Bonchev–Trinajstić information content (AvgIpc) is 2.80. The number of fused-ring (bicyclic) bond motifs is 2. The summed E-state index contributed by atoms with van der Waals surface area (Å²) in [5.74, 6) is -1.68. The first-order chi connectivity index (χ1) is 15.0. The van der Waals surface area contributed by atoms with Gasteiger partial charge in [0.2, 0.25) is 0 Å². The van der Waals surface area contributed by atoms with Gasteiger partial charge in [0.1, 0.15) is 0 Å². The number of hydrogen-bond acceptors (Lipinski definition) is 5. The molecule has 3 aromatic rings. The molecule has 3 aromatic carbocycles. The van der Waals surface area contributed by atoms with E-state index in [9.17, 15) is 19.2 Å². The number of anilines is 1. The lowest BCUT2D eigenvalue weighted by Crippen LogP contribution is -2.26. The second-order valence-electron chi connectivity index (χ2n) is 7.13. The van der Waals surface area contributed by atoms with Gasteiger partial charge < -0.3 is 10.1 Å². The number of carbonyl (C=O) groups excluding carboxylic acids is 4. The Labute approximate surface area is 178 Å². The molecule has 31 heavy (non-hydrogen) atoms. The van der Waals surface area contributed by atoms with E-state index in [1.54, 1.807) is 42.5 Å². The Kier molecular flexibility index (Phi) is 5.71. The Balaban J connectivity index is 1.41. The molecule has 0 bridgehead atoms. The summed E-state index contributed by atoms with van der Waals surface area (Å²) in [5.41, 5.74) is 2.25. The van der Waals surface area contributed by atoms with E-state index in [4.69, 9.17) is 4.74 Å². The van der Waals surface area contributed by atoms with Crippen molar-refractivity contribution < 1.29 is 23.9 Å². The number of aryl methyl sites for hydroxylation is 1.